The molecule has 0 unspecified atom stereocenters. The highest BCUT2D eigenvalue weighted by Gasteiger charge is 2.27. The third kappa shape index (κ3) is 5.68. The number of piperidine rings is 1. The number of aromatic nitrogens is 3. The van der Waals surface area contributed by atoms with Crippen molar-refractivity contribution in [3.05, 3.63) is 72.3 Å². The Hall–Kier alpha value is -4.24. The van der Waals surface area contributed by atoms with Crippen LogP contribution in [0, 0.1) is 13.8 Å². The number of benzene rings is 2. The van der Waals surface area contributed by atoms with Crippen molar-refractivity contribution in [1.29, 1.82) is 0 Å². The van der Waals surface area contributed by atoms with Crippen LogP contribution in [0.25, 0.3) is 10.9 Å². The molecule has 38 heavy (non-hydrogen) atoms. The molecule has 2 aromatic carbocycles. The first-order chi connectivity index (χ1) is 18.4. The van der Waals surface area contributed by atoms with E-state index in [1.165, 1.54) is 6.33 Å². The molecule has 5 rings (SSSR count). The SMILES string of the molecule is Cc1ccc(Oc2ccc(Nc3ncnc4cccc(O[C@H](C)C(=O)N5CCC(O)CC5)c34)cc2C)cn1. The molecule has 0 saturated carbocycles. The van der Waals surface area contributed by atoms with Gasteiger partial charge in [-0.3, -0.25) is 9.78 Å². The van der Waals surface area contributed by atoms with Gasteiger partial charge in [-0.1, -0.05) is 6.07 Å². The minimum atomic E-state index is -0.696. The Labute approximate surface area is 221 Å². The number of aliphatic hydroxyl groups is 1. The Bertz CT molecular complexity index is 1430. The van der Waals surface area contributed by atoms with E-state index in [-0.39, 0.29) is 12.0 Å². The van der Waals surface area contributed by atoms with E-state index in [2.05, 4.69) is 20.3 Å². The number of fused-ring (bicyclic) bond motifs is 1. The summed E-state index contributed by atoms with van der Waals surface area (Å²) in [5, 5.41) is 13.8. The largest absolute Gasteiger partial charge is 0.480 e. The second kappa shape index (κ2) is 11.0. The fraction of sp³-hybridized carbons (Fsp3) is 0.310. The fourth-order valence-corrected chi connectivity index (χ4v) is 4.48. The van der Waals surface area contributed by atoms with Gasteiger partial charge in [-0.15, -0.1) is 0 Å². The zero-order valence-corrected chi connectivity index (χ0v) is 21.7. The van der Waals surface area contributed by atoms with E-state index < -0.39 is 6.10 Å². The van der Waals surface area contributed by atoms with Crippen molar-refractivity contribution >= 4 is 28.3 Å². The number of hydrogen-bond donors (Lipinski definition) is 2. The second-order valence-corrected chi connectivity index (χ2v) is 9.53. The van der Waals surface area contributed by atoms with E-state index in [9.17, 15) is 9.90 Å². The normalized spacial score (nSPS) is 14.8. The number of carbonyl (C=O) groups excluding carboxylic acids is 1. The Kier molecular flexibility index (Phi) is 7.37. The van der Waals surface area contributed by atoms with Gasteiger partial charge in [-0.25, -0.2) is 9.97 Å². The fourth-order valence-electron chi connectivity index (χ4n) is 4.48. The summed E-state index contributed by atoms with van der Waals surface area (Å²) >= 11 is 0. The van der Waals surface area contributed by atoms with Gasteiger partial charge in [0.25, 0.3) is 5.91 Å². The summed E-state index contributed by atoms with van der Waals surface area (Å²) in [6.07, 6.45) is 3.33. The molecule has 1 saturated heterocycles. The molecule has 3 heterocycles. The second-order valence-electron chi connectivity index (χ2n) is 9.53. The highest BCUT2D eigenvalue weighted by Crippen LogP contribution is 2.34. The van der Waals surface area contributed by atoms with E-state index >= 15 is 0 Å². The van der Waals surface area contributed by atoms with Gasteiger partial charge < -0.3 is 24.8 Å². The van der Waals surface area contributed by atoms with Crippen LogP contribution in [0.2, 0.25) is 0 Å². The predicted molar refractivity (Wildman–Crippen MR) is 145 cm³/mol. The van der Waals surface area contributed by atoms with E-state index in [1.807, 2.05) is 62.4 Å². The van der Waals surface area contributed by atoms with Crippen molar-refractivity contribution in [3.8, 4) is 17.2 Å². The maximum absolute atomic E-state index is 13.0. The van der Waals surface area contributed by atoms with Crippen LogP contribution in [-0.2, 0) is 4.79 Å². The molecule has 0 radical (unpaired) electrons. The van der Waals surface area contributed by atoms with Gasteiger partial charge in [0.1, 0.15) is 29.4 Å². The van der Waals surface area contributed by atoms with Gasteiger partial charge in [0.05, 0.1) is 23.2 Å². The molecule has 1 atom stereocenters. The number of hydrogen-bond acceptors (Lipinski definition) is 8. The monoisotopic (exact) mass is 513 g/mol. The zero-order chi connectivity index (χ0) is 26.6. The van der Waals surface area contributed by atoms with Gasteiger partial charge in [0.2, 0.25) is 0 Å². The van der Waals surface area contributed by atoms with Gasteiger partial charge in [-0.05, 0) is 81.6 Å². The number of nitrogens with one attached hydrogen (secondary N) is 1. The van der Waals surface area contributed by atoms with Crippen LogP contribution in [0.1, 0.15) is 31.0 Å². The maximum atomic E-state index is 13.0. The molecule has 196 valence electrons. The topological polar surface area (TPSA) is 110 Å². The summed E-state index contributed by atoms with van der Waals surface area (Å²) < 4.78 is 12.2. The van der Waals surface area contributed by atoms with Crippen molar-refractivity contribution in [2.75, 3.05) is 18.4 Å². The Balaban J connectivity index is 1.36. The number of aryl methyl sites for hydroxylation is 2. The van der Waals surface area contributed by atoms with Gasteiger partial charge in [0.15, 0.2) is 6.10 Å². The number of ether oxygens (including phenoxy) is 2. The predicted octanol–water partition coefficient (Wildman–Crippen LogP) is 4.93. The first-order valence-corrected chi connectivity index (χ1v) is 12.7. The molecule has 2 aromatic heterocycles. The standard InChI is InChI=1S/C29H31N5O4/c1-18-15-21(8-10-25(18)38-23-9-7-19(2)30-16-23)33-28-27-24(31-17-32-28)5-4-6-26(27)37-20(3)29(36)34-13-11-22(35)12-14-34/h4-10,15-17,20,22,35H,11-14H2,1-3H3,(H,31,32,33)/t20-/m1/s1. The molecule has 1 aliphatic rings. The molecule has 0 bridgehead atoms. The third-order valence-electron chi connectivity index (χ3n) is 6.60. The molecule has 1 amide bonds. The quantitative estimate of drug-likeness (QED) is 0.358. The first-order valence-electron chi connectivity index (χ1n) is 12.7. The van der Waals surface area contributed by atoms with E-state index in [4.69, 9.17) is 9.47 Å². The molecule has 1 aliphatic heterocycles. The lowest BCUT2D eigenvalue weighted by atomic mass is 10.1. The molecule has 4 aromatic rings. The highest BCUT2D eigenvalue weighted by molar-refractivity contribution is 5.96. The van der Waals surface area contributed by atoms with Crippen LogP contribution in [0.15, 0.2) is 61.1 Å². The summed E-state index contributed by atoms with van der Waals surface area (Å²) in [4.78, 5) is 27.9. The number of anilines is 2. The molecule has 9 heteroatoms. The number of carbonyl (C=O) groups is 1. The van der Waals surface area contributed by atoms with Crippen LogP contribution in [0.3, 0.4) is 0 Å². The molecule has 9 nitrogen and oxygen atoms in total. The number of rotatable bonds is 7. The van der Waals surface area contributed by atoms with Crippen molar-refractivity contribution in [3.63, 3.8) is 0 Å². The number of nitrogens with zero attached hydrogens (tertiary/aromatic N) is 4. The molecular formula is C29H31N5O4. The van der Waals surface area contributed by atoms with Gasteiger partial charge >= 0.3 is 0 Å². The summed E-state index contributed by atoms with van der Waals surface area (Å²) in [5.74, 6) is 2.40. The summed E-state index contributed by atoms with van der Waals surface area (Å²) in [7, 11) is 0. The summed E-state index contributed by atoms with van der Waals surface area (Å²) in [6, 6.07) is 15.1. The average Bonchev–Trinajstić information content (AvgIpc) is 2.91. The molecule has 2 N–H and O–H groups in total. The minimum absolute atomic E-state index is 0.102. The Morgan fingerprint density at radius 2 is 1.87 bits per heavy atom. The average molecular weight is 514 g/mol. The molecule has 0 spiro atoms. The Morgan fingerprint density at radius 3 is 2.61 bits per heavy atom. The van der Waals surface area contributed by atoms with Crippen LogP contribution in [-0.4, -0.2) is 56.2 Å². The maximum Gasteiger partial charge on any atom is 0.263 e. The first kappa shape index (κ1) is 25.4. The molecular weight excluding hydrogens is 482 g/mol. The number of likely N-dealkylation sites (tertiary alicyclic amines) is 1. The van der Waals surface area contributed by atoms with Crippen molar-refractivity contribution in [2.45, 2.75) is 45.8 Å². The van der Waals surface area contributed by atoms with Gasteiger partial charge in [0, 0.05) is 24.5 Å². The third-order valence-corrected chi connectivity index (χ3v) is 6.60. The number of aliphatic hydroxyl groups excluding tert-OH is 1. The van der Waals surface area contributed by atoms with Crippen molar-refractivity contribution in [1.82, 2.24) is 19.9 Å². The number of pyridine rings is 1. The van der Waals surface area contributed by atoms with Crippen LogP contribution < -0.4 is 14.8 Å². The lowest BCUT2D eigenvalue weighted by molar-refractivity contribution is -0.139. The van der Waals surface area contributed by atoms with E-state index in [0.29, 0.717) is 54.2 Å². The lowest BCUT2D eigenvalue weighted by Gasteiger charge is -2.31. The summed E-state index contributed by atoms with van der Waals surface area (Å²) in [5.41, 5.74) is 3.39. The number of amides is 1. The zero-order valence-electron chi connectivity index (χ0n) is 21.7. The minimum Gasteiger partial charge on any atom is -0.480 e. The van der Waals surface area contributed by atoms with Crippen LogP contribution >= 0.6 is 0 Å². The van der Waals surface area contributed by atoms with Crippen LogP contribution in [0.5, 0.6) is 17.2 Å². The Morgan fingerprint density at radius 1 is 1.05 bits per heavy atom. The van der Waals surface area contributed by atoms with Gasteiger partial charge in [-0.2, -0.15) is 0 Å². The lowest BCUT2D eigenvalue weighted by Crippen LogP contribution is -2.45. The summed E-state index contributed by atoms with van der Waals surface area (Å²) in [6.45, 7) is 6.70. The van der Waals surface area contributed by atoms with E-state index in [1.54, 1.807) is 18.0 Å². The van der Waals surface area contributed by atoms with Crippen molar-refractivity contribution in [2.24, 2.45) is 0 Å². The smallest absolute Gasteiger partial charge is 0.263 e. The van der Waals surface area contributed by atoms with Crippen molar-refractivity contribution < 1.29 is 19.4 Å². The van der Waals surface area contributed by atoms with Crippen LogP contribution in [0.4, 0.5) is 11.5 Å². The highest BCUT2D eigenvalue weighted by atomic mass is 16.5. The molecule has 0 aliphatic carbocycles. The van der Waals surface area contributed by atoms with E-state index in [0.717, 1.165) is 22.7 Å². The molecule has 1 fully saturated rings.